The topological polar surface area (TPSA) is 40.5 Å². The van der Waals surface area contributed by atoms with Gasteiger partial charge in [0.25, 0.3) is 0 Å². The van der Waals surface area contributed by atoms with E-state index in [1.54, 1.807) is 24.3 Å². The van der Waals surface area contributed by atoms with E-state index in [1.165, 1.54) is 36.8 Å². The molecule has 2 heteroatoms. The van der Waals surface area contributed by atoms with Crippen molar-refractivity contribution in [2.45, 2.75) is 31.1 Å². The lowest BCUT2D eigenvalue weighted by Crippen LogP contribution is -2.33. The molecule has 2 aromatic rings. The summed E-state index contributed by atoms with van der Waals surface area (Å²) in [6.07, 6.45) is 5.14. The van der Waals surface area contributed by atoms with Crippen LogP contribution in [-0.4, -0.2) is 10.2 Å². The van der Waals surface area contributed by atoms with Gasteiger partial charge in [0.05, 0.1) is 0 Å². The lowest BCUT2D eigenvalue weighted by molar-refractivity contribution is 0.388. The molecule has 2 N–H and O–H groups in total. The third kappa shape index (κ3) is 1.71. The van der Waals surface area contributed by atoms with E-state index in [0.29, 0.717) is 23.3 Å². The SMILES string of the molecule is Oc1ccc(C2(c3ccc(O)cc3)C3CCC2CC3)cc1. The Morgan fingerprint density at radius 1 is 0.619 bits per heavy atom. The Kier molecular flexibility index (Phi) is 2.75. The van der Waals surface area contributed by atoms with Gasteiger partial charge >= 0.3 is 0 Å². The molecule has 0 amide bonds. The molecular weight excluding hydrogens is 260 g/mol. The molecule has 0 saturated heterocycles. The van der Waals surface area contributed by atoms with Gasteiger partial charge in [-0.15, -0.1) is 0 Å². The minimum absolute atomic E-state index is 0.0708. The third-order valence-electron chi connectivity index (χ3n) is 5.71. The molecule has 0 aliphatic heterocycles. The Morgan fingerprint density at radius 3 is 1.29 bits per heavy atom. The zero-order chi connectivity index (χ0) is 14.4. The lowest BCUT2D eigenvalue weighted by atomic mass is 9.67. The van der Waals surface area contributed by atoms with E-state index in [-0.39, 0.29) is 5.41 Å². The van der Waals surface area contributed by atoms with Crippen LogP contribution in [-0.2, 0) is 5.41 Å². The molecule has 0 unspecified atom stereocenters. The first-order valence-corrected chi connectivity index (χ1v) is 7.80. The normalized spacial score (nSPS) is 26.1. The fraction of sp³-hybridized carbons (Fsp3) is 0.368. The van der Waals surface area contributed by atoms with Crippen LogP contribution in [0.4, 0.5) is 0 Å². The molecule has 2 aliphatic rings. The van der Waals surface area contributed by atoms with Crippen LogP contribution in [0.5, 0.6) is 11.5 Å². The minimum atomic E-state index is 0.0708. The number of hydrogen-bond acceptors (Lipinski definition) is 2. The van der Waals surface area contributed by atoms with Crippen LogP contribution in [0.1, 0.15) is 36.8 Å². The minimum Gasteiger partial charge on any atom is -0.508 e. The Labute approximate surface area is 125 Å². The van der Waals surface area contributed by atoms with Gasteiger partial charge in [-0.25, -0.2) is 0 Å². The van der Waals surface area contributed by atoms with Gasteiger partial charge < -0.3 is 10.2 Å². The van der Waals surface area contributed by atoms with Crippen molar-refractivity contribution in [1.29, 1.82) is 0 Å². The number of phenolic OH excluding ortho intramolecular Hbond substituents is 2. The second kappa shape index (κ2) is 4.52. The maximum Gasteiger partial charge on any atom is 0.115 e. The summed E-state index contributed by atoms with van der Waals surface area (Å²) in [6.45, 7) is 0. The summed E-state index contributed by atoms with van der Waals surface area (Å²) in [6, 6.07) is 15.5. The van der Waals surface area contributed by atoms with E-state index in [9.17, 15) is 10.2 Å². The van der Waals surface area contributed by atoms with Crippen molar-refractivity contribution in [3.8, 4) is 11.5 Å². The predicted octanol–water partition coefficient (Wildman–Crippen LogP) is 4.20. The molecule has 108 valence electrons. The molecule has 0 heterocycles. The zero-order valence-corrected chi connectivity index (χ0v) is 12.0. The molecule has 4 rings (SSSR count). The van der Waals surface area contributed by atoms with Gasteiger partial charge in [0.15, 0.2) is 0 Å². The van der Waals surface area contributed by atoms with Crippen LogP contribution >= 0.6 is 0 Å². The van der Waals surface area contributed by atoms with Gasteiger partial charge in [-0.05, 0) is 72.9 Å². The summed E-state index contributed by atoms with van der Waals surface area (Å²) in [5, 5.41) is 19.2. The first-order chi connectivity index (χ1) is 10.2. The van der Waals surface area contributed by atoms with E-state index >= 15 is 0 Å². The van der Waals surface area contributed by atoms with E-state index in [1.807, 2.05) is 0 Å². The molecule has 0 aromatic heterocycles. The van der Waals surface area contributed by atoms with E-state index < -0.39 is 0 Å². The Bertz CT molecular complexity index is 575. The van der Waals surface area contributed by atoms with Crippen molar-refractivity contribution >= 4 is 0 Å². The highest BCUT2D eigenvalue weighted by Gasteiger charge is 2.55. The van der Waals surface area contributed by atoms with Gasteiger partial charge in [-0.2, -0.15) is 0 Å². The molecular formula is C19H20O2. The summed E-state index contributed by atoms with van der Waals surface area (Å²) in [7, 11) is 0. The van der Waals surface area contributed by atoms with Crippen molar-refractivity contribution in [2.24, 2.45) is 11.8 Å². The highest BCUT2D eigenvalue weighted by Crippen LogP contribution is 2.62. The summed E-state index contributed by atoms with van der Waals surface area (Å²) >= 11 is 0. The highest BCUT2D eigenvalue weighted by molar-refractivity contribution is 5.47. The van der Waals surface area contributed by atoms with Crippen LogP contribution in [0.3, 0.4) is 0 Å². The first kappa shape index (κ1) is 12.8. The maximum atomic E-state index is 9.60. The molecule has 21 heavy (non-hydrogen) atoms. The predicted molar refractivity (Wildman–Crippen MR) is 82.4 cm³/mol. The van der Waals surface area contributed by atoms with Crippen LogP contribution in [0.15, 0.2) is 48.5 Å². The molecule has 2 aromatic carbocycles. The van der Waals surface area contributed by atoms with E-state index in [2.05, 4.69) is 24.3 Å². The average Bonchev–Trinajstić information content (AvgIpc) is 3.05. The van der Waals surface area contributed by atoms with Crippen molar-refractivity contribution in [3.63, 3.8) is 0 Å². The quantitative estimate of drug-likeness (QED) is 0.865. The number of rotatable bonds is 2. The second-order valence-electron chi connectivity index (χ2n) is 6.51. The average molecular weight is 280 g/mol. The van der Waals surface area contributed by atoms with Gasteiger partial charge in [-0.3, -0.25) is 0 Å². The molecule has 0 radical (unpaired) electrons. The Morgan fingerprint density at radius 2 is 0.952 bits per heavy atom. The van der Waals surface area contributed by atoms with Crippen molar-refractivity contribution in [1.82, 2.24) is 0 Å². The maximum absolute atomic E-state index is 9.60. The van der Waals surface area contributed by atoms with Crippen LogP contribution in [0.25, 0.3) is 0 Å². The standard InChI is InChI=1S/C19H20O2/c20-17-9-5-15(6-10-17)19(13-1-2-14(19)4-3-13)16-7-11-18(21)12-8-16/h5-14,20-21H,1-4H2. The Balaban J connectivity index is 1.91. The molecule has 2 bridgehead atoms. The van der Waals surface area contributed by atoms with Gasteiger partial charge in [0.1, 0.15) is 11.5 Å². The van der Waals surface area contributed by atoms with Crippen molar-refractivity contribution in [3.05, 3.63) is 59.7 Å². The van der Waals surface area contributed by atoms with Gasteiger partial charge in [0.2, 0.25) is 0 Å². The van der Waals surface area contributed by atoms with Crippen molar-refractivity contribution < 1.29 is 10.2 Å². The summed E-state index contributed by atoms with van der Waals surface area (Å²) in [4.78, 5) is 0. The van der Waals surface area contributed by atoms with Crippen molar-refractivity contribution in [2.75, 3.05) is 0 Å². The number of fused-ring (bicyclic) bond motifs is 2. The molecule has 0 atom stereocenters. The monoisotopic (exact) mass is 280 g/mol. The number of benzene rings is 2. The second-order valence-corrected chi connectivity index (χ2v) is 6.51. The highest BCUT2D eigenvalue weighted by atomic mass is 16.3. The summed E-state index contributed by atoms with van der Waals surface area (Å²) < 4.78 is 0. The van der Waals surface area contributed by atoms with Crippen LogP contribution in [0, 0.1) is 11.8 Å². The number of phenols is 2. The summed E-state index contributed by atoms with van der Waals surface area (Å²) in [5.41, 5.74) is 2.70. The zero-order valence-electron chi connectivity index (χ0n) is 12.0. The lowest BCUT2D eigenvalue weighted by Gasteiger charge is -2.36. The van der Waals surface area contributed by atoms with Crippen LogP contribution in [0.2, 0.25) is 0 Å². The molecule has 2 nitrogen and oxygen atoms in total. The largest absolute Gasteiger partial charge is 0.508 e. The van der Waals surface area contributed by atoms with E-state index in [4.69, 9.17) is 0 Å². The smallest absolute Gasteiger partial charge is 0.115 e. The number of aromatic hydroxyl groups is 2. The van der Waals surface area contributed by atoms with E-state index in [0.717, 1.165) is 0 Å². The molecule has 2 aliphatic carbocycles. The van der Waals surface area contributed by atoms with Gasteiger partial charge in [-0.1, -0.05) is 24.3 Å². The number of hydrogen-bond donors (Lipinski definition) is 2. The first-order valence-electron chi connectivity index (χ1n) is 7.80. The molecule has 0 spiro atoms. The van der Waals surface area contributed by atoms with Gasteiger partial charge in [0, 0.05) is 5.41 Å². The fourth-order valence-electron chi connectivity index (χ4n) is 4.92. The molecule has 2 saturated carbocycles. The third-order valence-corrected chi connectivity index (χ3v) is 5.71. The molecule has 2 fully saturated rings. The fourth-order valence-corrected chi connectivity index (χ4v) is 4.92. The summed E-state index contributed by atoms with van der Waals surface area (Å²) in [5.74, 6) is 2.00. The van der Waals surface area contributed by atoms with Crippen LogP contribution < -0.4 is 0 Å². The Hall–Kier alpha value is -1.96.